The highest BCUT2D eigenvalue weighted by Gasteiger charge is 2.54. The van der Waals surface area contributed by atoms with Crippen LogP contribution in [0.15, 0.2) is 56.9 Å². The number of nitrogens with zero attached hydrogens (tertiary/aromatic N) is 1. The van der Waals surface area contributed by atoms with Crippen molar-refractivity contribution in [3.8, 4) is 5.75 Å². The number of carbonyl (C=O) groups is 2. The van der Waals surface area contributed by atoms with Crippen LogP contribution >= 0.6 is 27.3 Å². The molecule has 0 bridgehead atoms. The normalized spacial score (nSPS) is 22.8. The Bertz CT molecular complexity index is 1220. The van der Waals surface area contributed by atoms with Gasteiger partial charge < -0.3 is 20.1 Å². The van der Waals surface area contributed by atoms with Crippen LogP contribution in [-0.4, -0.2) is 58.5 Å². The number of methoxy groups -OCH3 is 1. The van der Waals surface area contributed by atoms with Gasteiger partial charge in [0.2, 0.25) is 11.8 Å². The average molecular weight is 605 g/mol. The van der Waals surface area contributed by atoms with Gasteiger partial charge in [0.05, 0.1) is 37.7 Å². The Kier molecular flexibility index (Phi) is 9.59. The zero-order chi connectivity index (χ0) is 27.4. The summed E-state index contributed by atoms with van der Waals surface area (Å²) in [6.45, 7) is 2.14. The van der Waals surface area contributed by atoms with Gasteiger partial charge in [0.15, 0.2) is 0 Å². The molecule has 0 unspecified atom stereocenters. The first-order chi connectivity index (χ1) is 18.3. The molecule has 1 saturated heterocycles. The number of benzene rings is 1. The molecule has 1 fully saturated rings. The van der Waals surface area contributed by atoms with Crippen molar-refractivity contribution in [2.45, 2.75) is 45.3 Å². The fraction of sp³-hybridized carbons (Fsp3) is 0.448. The number of hydrogen-bond acceptors (Lipinski definition) is 7. The van der Waals surface area contributed by atoms with Crippen molar-refractivity contribution in [1.29, 1.82) is 0 Å². The topological polar surface area (TPSA) is 107 Å². The minimum absolute atomic E-state index is 0.181. The van der Waals surface area contributed by atoms with E-state index >= 15 is 0 Å². The first-order valence-corrected chi connectivity index (χ1v) is 14.5. The molecule has 4 atom stereocenters. The highest BCUT2D eigenvalue weighted by Crippen LogP contribution is 2.46. The first kappa shape index (κ1) is 28.7. The molecule has 0 spiro atoms. The maximum absolute atomic E-state index is 13.5. The second-order valence-electron chi connectivity index (χ2n) is 9.87. The standard InChI is InChI=1S/C29H34BrNO6S/c1-3-17(11-18-12-20(30)7-9-24(18)33)6-8-25(34)26-19(16-37-2)13-22-27(23(26)15-32)29(36)31(28(22)35)14-21-5-4-10-38-21/h4-5,7,9-12,22-23,25,27,32-34H,3,6,8,13-16H2,1-2H3/b17-11+/t22-,23+,25-,27-/m1/s1. The van der Waals surface area contributed by atoms with E-state index in [2.05, 4.69) is 15.9 Å². The summed E-state index contributed by atoms with van der Waals surface area (Å²) >= 11 is 4.93. The number of rotatable bonds is 11. The number of phenolic OH excluding ortho intramolecular Hbond substituents is 1. The van der Waals surface area contributed by atoms with E-state index in [1.807, 2.05) is 36.6 Å². The van der Waals surface area contributed by atoms with Gasteiger partial charge in [-0.3, -0.25) is 14.5 Å². The number of fused-ring (bicyclic) bond motifs is 1. The van der Waals surface area contributed by atoms with Crippen LogP contribution < -0.4 is 0 Å². The first-order valence-electron chi connectivity index (χ1n) is 12.8. The molecule has 1 aliphatic carbocycles. The molecule has 7 nitrogen and oxygen atoms in total. The second-order valence-corrected chi connectivity index (χ2v) is 11.8. The SMILES string of the molecule is CC/C(=C\c1cc(Br)ccc1O)CC[C@@H](O)C1=C(COC)C[C@H]2C(=O)N(Cc3cccs3)C(=O)[C@H]2[C@H]1CO. The van der Waals surface area contributed by atoms with Gasteiger partial charge in [0.1, 0.15) is 5.75 Å². The van der Waals surface area contributed by atoms with E-state index in [1.54, 1.807) is 19.2 Å². The number of aromatic hydroxyl groups is 1. The number of phenols is 1. The van der Waals surface area contributed by atoms with E-state index in [1.165, 1.54) is 16.2 Å². The number of likely N-dealkylation sites (tertiary alicyclic amines) is 1. The van der Waals surface area contributed by atoms with E-state index in [4.69, 9.17) is 4.74 Å². The Hall–Kier alpha value is -2.30. The molecule has 2 heterocycles. The van der Waals surface area contributed by atoms with Gasteiger partial charge in [0, 0.05) is 27.9 Å². The Morgan fingerprint density at radius 1 is 1.29 bits per heavy atom. The summed E-state index contributed by atoms with van der Waals surface area (Å²) < 4.78 is 6.28. The predicted molar refractivity (Wildman–Crippen MR) is 150 cm³/mol. The molecule has 9 heteroatoms. The summed E-state index contributed by atoms with van der Waals surface area (Å²) in [5.41, 5.74) is 3.15. The number of halogens is 1. The van der Waals surface area contributed by atoms with Crippen LogP contribution in [0.1, 0.15) is 43.0 Å². The predicted octanol–water partition coefficient (Wildman–Crippen LogP) is 4.91. The van der Waals surface area contributed by atoms with Crippen LogP contribution in [0.25, 0.3) is 6.08 Å². The molecule has 2 aliphatic rings. The number of ether oxygens (including phenoxy) is 1. The summed E-state index contributed by atoms with van der Waals surface area (Å²) in [5, 5.41) is 34.0. The van der Waals surface area contributed by atoms with E-state index < -0.39 is 23.9 Å². The van der Waals surface area contributed by atoms with Gasteiger partial charge in [-0.1, -0.05) is 40.6 Å². The Labute approximate surface area is 235 Å². The number of thiophene rings is 1. The smallest absolute Gasteiger partial charge is 0.234 e. The maximum atomic E-state index is 13.5. The number of allylic oxidation sites excluding steroid dienone is 1. The Morgan fingerprint density at radius 3 is 2.74 bits per heavy atom. The Morgan fingerprint density at radius 2 is 2.08 bits per heavy atom. The molecule has 1 aliphatic heterocycles. The van der Waals surface area contributed by atoms with Crippen molar-refractivity contribution in [3.63, 3.8) is 0 Å². The van der Waals surface area contributed by atoms with Crippen molar-refractivity contribution in [1.82, 2.24) is 4.90 Å². The summed E-state index contributed by atoms with van der Waals surface area (Å²) in [7, 11) is 1.56. The number of imide groups is 1. The highest BCUT2D eigenvalue weighted by atomic mass is 79.9. The van der Waals surface area contributed by atoms with Crippen LogP contribution in [0.5, 0.6) is 5.75 Å². The number of aliphatic hydroxyl groups is 2. The lowest BCUT2D eigenvalue weighted by atomic mass is 9.68. The quantitative estimate of drug-likeness (QED) is 0.249. The molecule has 38 heavy (non-hydrogen) atoms. The van der Waals surface area contributed by atoms with Gasteiger partial charge in [-0.15, -0.1) is 11.3 Å². The summed E-state index contributed by atoms with van der Waals surface area (Å²) in [5.74, 6) is -2.24. The fourth-order valence-electron chi connectivity index (χ4n) is 5.74. The number of hydrogen-bond donors (Lipinski definition) is 3. The molecule has 2 aromatic rings. The van der Waals surface area contributed by atoms with Crippen LogP contribution in [0.2, 0.25) is 0 Å². The molecule has 1 aromatic carbocycles. The van der Waals surface area contributed by atoms with Crippen LogP contribution in [-0.2, 0) is 20.9 Å². The molecule has 1 aromatic heterocycles. The lowest BCUT2D eigenvalue weighted by Gasteiger charge is -2.36. The monoisotopic (exact) mass is 603 g/mol. The summed E-state index contributed by atoms with van der Waals surface area (Å²) in [6.07, 6.45) is 3.04. The van der Waals surface area contributed by atoms with Crippen LogP contribution in [0.4, 0.5) is 0 Å². The van der Waals surface area contributed by atoms with Gasteiger partial charge in [-0.25, -0.2) is 0 Å². The van der Waals surface area contributed by atoms with Gasteiger partial charge in [-0.05, 0) is 66.5 Å². The summed E-state index contributed by atoms with van der Waals surface area (Å²) in [4.78, 5) is 29.0. The van der Waals surface area contributed by atoms with Crippen LogP contribution in [0.3, 0.4) is 0 Å². The fourth-order valence-corrected chi connectivity index (χ4v) is 6.81. The third-order valence-corrected chi connectivity index (χ3v) is 8.94. The van der Waals surface area contributed by atoms with Crippen molar-refractivity contribution in [3.05, 3.63) is 67.3 Å². The molecule has 0 saturated carbocycles. The minimum Gasteiger partial charge on any atom is -0.507 e. The van der Waals surface area contributed by atoms with Crippen molar-refractivity contribution >= 4 is 45.2 Å². The lowest BCUT2D eigenvalue weighted by molar-refractivity contribution is -0.140. The van der Waals surface area contributed by atoms with Crippen LogP contribution in [0, 0.1) is 17.8 Å². The minimum atomic E-state index is -0.904. The largest absolute Gasteiger partial charge is 0.507 e. The average Bonchev–Trinajstić information content (AvgIpc) is 3.50. The van der Waals surface area contributed by atoms with Gasteiger partial charge in [-0.2, -0.15) is 0 Å². The van der Waals surface area contributed by atoms with E-state index in [0.29, 0.717) is 30.4 Å². The van der Waals surface area contributed by atoms with Gasteiger partial charge in [0.25, 0.3) is 0 Å². The Balaban J connectivity index is 1.57. The zero-order valence-electron chi connectivity index (χ0n) is 21.6. The second kappa shape index (κ2) is 12.7. The molecular formula is C29H34BrNO6S. The molecular weight excluding hydrogens is 570 g/mol. The third kappa shape index (κ3) is 5.97. The number of carbonyl (C=O) groups excluding carboxylic acids is 2. The molecule has 4 rings (SSSR count). The third-order valence-electron chi connectivity index (χ3n) is 7.59. The lowest BCUT2D eigenvalue weighted by Crippen LogP contribution is -2.39. The highest BCUT2D eigenvalue weighted by molar-refractivity contribution is 9.10. The molecule has 3 N–H and O–H groups in total. The maximum Gasteiger partial charge on any atom is 0.234 e. The number of amides is 2. The zero-order valence-corrected chi connectivity index (χ0v) is 24.0. The molecule has 0 radical (unpaired) electrons. The van der Waals surface area contributed by atoms with Crippen molar-refractivity contribution in [2.75, 3.05) is 20.3 Å². The van der Waals surface area contributed by atoms with E-state index in [-0.39, 0.29) is 37.3 Å². The molecule has 204 valence electrons. The van der Waals surface area contributed by atoms with Crippen molar-refractivity contribution < 1.29 is 29.6 Å². The van der Waals surface area contributed by atoms with E-state index in [9.17, 15) is 24.9 Å². The van der Waals surface area contributed by atoms with E-state index in [0.717, 1.165) is 26.9 Å². The number of aliphatic hydroxyl groups excluding tert-OH is 2. The summed E-state index contributed by atoms with van der Waals surface area (Å²) in [6, 6.07) is 9.03. The van der Waals surface area contributed by atoms with Gasteiger partial charge >= 0.3 is 0 Å². The van der Waals surface area contributed by atoms with Crippen molar-refractivity contribution in [2.24, 2.45) is 17.8 Å². The molecule has 2 amide bonds.